The Kier molecular flexibility index (Phi) is 5.17. The summed E-state index contributed by atoms with van der Waals surface area (Å²) in [5.41, 5.74) is 2.11. The van der Waals surface area contributed by atoms with E-state index in [1.807, 2.05) is 27.0 Å². The third-order valence-electron chi connectivity index (χ3n) is 4.37. The summed E-state index contributed by atoms with van der Waals surface area (Å²) in [5.74, 6) is 0.0158. The molecule has 1 unspecified atom stereocenters. The smallest absolute Gasteiger partial charge is 0.251 e. The van der Waals surface area contributed by atoms with Gasteiger partial charge in [-0.1, -0.05) is 6.07 Å². The van der Waals surface area contributed by atoms with E-state index >= 15 is 0 Å². The minimum Gasteiger partial charge on any atom is -0.342 e. The van der Waals surface area contributed by atoms with E-state index in [1.54, 1.807) is 15.5 Å². The number of hydrogen-bond donors (Lipinski definition) is 1. The lowest BCUT2D eigenvalue weighted by molar-refractivity contribution is -0.131. The maximum Gasteiger partial charge on any atom is 0.251 e. The van der Waals surface area contributed by atoms with Gasteiger partial charge in [-0.25, -0.2) is 0 Å². The van der Waals surface area contributed by atoms with Crippen molar-refractivity contribution in [1.82, 2.24) is 14.8 Å². The van der Waals surface area contributed by atoms with Crippen molar-refractivity contribution in [2.24, 2.45) is 0 Å². The highest BCUT2D eigenvalue weighted by Gasteiger charge is 2.23. The number of hydrogen-bond acceptors (Lipinski definition) is 3. The average Bonchev–Trinajstić information content (AvgIpc) is 2.50. The number of nitrogens with zero attached hydrogens (tertiary/aromatic N) is 2. The molecule has 0 saturated carbocycles. The molecule has 1 N–H and O–H groups in total. The molecule has 116 valence electrons. The first kappa shape index (κ1) is 15.8. The fourth-order valence-corrected chi connectivity index (χ4v) is 3.15. The van der Waals surface area contributed by atoms with Gasteiger partial charge in [-0.15, -0.1) is 0 Å². The van der Waals surface area contributed by atoms with Crippen LogP contribution < -0.4 is 10.9 Å². The molecule has 1 aromatic rings. The van der Waals surface area contributed by atoms with Crippen LogP contribution >= 0.6 is 0 Å². The van der Waals surface area contributed by atoms with Crippen molar-refractivity contribution in [2.75, 3.05) is 20.1 Å². The predicted molar refractivity (Wildman–Crippen MR) is 83.4 cm³/mol. The zero-order valence-corrected chi connectivity index (χ0v) is 13.2. The summed E-state index contributed by atoms with van der Waals surface area (Å²) in [5, 5.41) is 3.29. The molecule has 1 aromatic heterocycles. The average molecular weight is 291 g/mol. The number of pyridine rings is 1. The lowest BCUT2D eigenvalue weighted by Gasteiger charge is -2.28. The highest BCUT2D eigenvalue weighted by Crippen LogP contribution is 2.28. The van der Waals surface area contributed by atoms with Crippen LogP contribution in [0.4, 0.5) is 0 Å². The fourth-order valence-electron chi connectivity index (χ4n) is 3.15. The molecule has 1 aliphatic rings. The van der Waals surface area contributed by atoms with E-state index in [0.717, 1.165) is 30.5 Å². The summed E-state index contributed by atoms with van der Waals surface area (Å²) >= 11 is 0. The molecule has 0 saturated heterocycles. The van der Waals surface area contributed by atoms with Gasteiger partial charge in [0, 0.05) is 30.9 Å². The van der Waals surface area contributed by atoms with Gasteiger partial charge >= 0.3 is 0 Å². The molecule has 2 rings (SSSR count). The molecule has 1 amide bonds. The Labute approximate surface area is 126 Å². The van der Waals surface area contributed by atoms with Crippen LogP contribution in [0.5, 0.6) is 0 Å². The molecule has 1 atom stereocenters. The number of aromatic nitrogens is 1. The van der Waals surface area contributed by atoms with Crippen LogP contribution in [-0.2, 0) is 17.8 Å². The summed E-state index contributed by atoms with van der Waals surface area (Å²) in [7, 11) is 1.94. The minimum absolute atomic E-state index is 0.0158. The number of carbonyl (C=O) groups excluding carboxylic acids is 1. The highest BCUT2D eigenvalue weighted by atomic mass is 16.2. The number of likely N-dealkylation sites (N-methyl/N-ethyl adjacent to an activating group) is 1. The lowest BCUT2D eigenvalue weighted by Crippen LogP contribution is -2.38. The van der Waals surface area contributed by atoms with Crippen molar-refractivity contribution in [3.63, 3.8) is 0 Å². The molecule has 0 radical (unpaired) electrons. The molecule has 21 heavy (non-hydrogen) atoms. The second kappa shape index (κ2) is 6.89. The first-order valence-electron chi connectivity index (χ1n) is 7.80. The van der Waals surface area contributed by atoms with Crippen LogP contribution in [0, 0.1) is 0 Å². The fraction of sp³-hybridized carbons (Fsp3) is 0.625. The van der Waals surface area contributed by atoms with E-state index in [-0.39, 0.29) is 24.1 Å². The maximum absolute atomic E-state index is 12.3. The Morgan fingerprint density at radius 1 is 1.38 bits per heavy atom. The third-order valence-corrected chi connectivity index (χ3v) is 4.37. The molecular formula is C16H25N3O2. The van der Waals surface area contributed by atoms with Crippen LogP contribution in [0.15, 0.2) is 16.9 Å². The minimum atomic E-state index is -0.0778. The first-order chi connectivity index (χ1) is 10.1. The van der Waals surface area contributed by atoms with Gasteiger partial charge in [-0.3, -0.25) is 9.59 Å². The first-order valence-corrected chi connectivity index (χ1v) is 7.80. The van der Waals surface area contributed by atoms with Gasteiger partial charge in [-0.05, 0) is 45.7 Å². The molecular weight excluding hydrogens is 266 g/mol. The van der Waals surface area contributed by atoms with Crippen molar-refractivity contribution < 1.29 is 4.79 Å². The summed E-state index contributed by atoms with van der Waals surface area (Å²) < 4.78 is 1.67. The quantitative estimate of drug-likeness (QED) is 0.890. The Morgan fingerprint density at radius 3 is 2.71 bits per heavy atom. The number of nitrogens with one attached hydrogen (secondary N) is 1. The van der Waals surface area contributed by atoms with Crippen LogP contribution in [0.3, 0.4) is 0 Å². The second-order valence-electron chi connectivity index (χ2n) is 5.46. The Morgan fingerprint density at radius 2 is 2.10 bits per heavy atom. The zero-order chi connectivity index (χ0) is 15.4. The van der Waals surface area contributed by atoms with Crippen LogP contribution in [0.1, 0.15) is 44.0 Å². The molecule has 0 bridgehead atoms. The van der Waals surface area contributed by atoms with E-state index in [9.17, 15) is 9.59 Å². The van der Waals surface area contributed by atoms with E-state index in [4.69, 9.17) is 0 Å². The number of carbonyl (C=O) groups is 1. The summed E-state index contributed by atoms with van der Waals surface area (Å²) in [6.45, 7) is 5.43. The molecule has 5 heteroatoms. The molecule has 0 fully saturated rings. The highest BCUT2D eigenvalue weighted by molar-refractivity contribution is 5.76. The molecule has 0 spiro atoms. The van der Waals surface area contributed by atoms with Gasteiger partial charge in [0.15, 0.2) is 0 Å². The van der Waals surface area contributed by atoms with Crippen LogP contribution in [0.25, 0.3) is 0 Å². The van der Waals surface area contributed by atoms with E-state index in [1.165, 1.54) is 0 Å². The molecule has 1 heterocycles. The topological polar surface area (TPSA) is 54.3 Å². The third kappa shape index (κ3) is 3.18. The van der Waals surface area contributed by atoms with E-state index < -0.39 is 0 Å². The maximum atomic E-state index is 12.3. The standard InChI is InChI=1S/C16H25N3O2/c1-4-18(5-2)16(21)11-19-14-8-6-7-13(17-3)12(14)9-10-15(19)20/h9-10,13,17H,4-8,11H2,1-3H3. The summed E-state index contributed by atoms with van der Waals surface area (Å²) in [4.78, 5) is 26.3. The van der Waals surface area contributed by atoms with Crippen LogP contribution in [0.2, 0.25) is 0 Å². The van der Waals surface area contributed by atoms with Crippen molar-refractivity contribution in [2.45, 2.75) is 45.7 Å². The molecule has 0 aromatic carbocycles. The van der Waals surface area contributed by atoms with Crippen molar-refractivity contribution in [3.05, 3.63) is 33.7 Å². The van der Waals surface area contributed by atoms with Gasteiger partial charge in [-0.2, -0.15) is 0 Å². The molecule has 5 nitrogen and oxygen atoms in total. The zero-order valence-electron chi connectivity index (χ0n) is 13.2. The summed E-state index contributed by atoms with van der Waals surface area (Å²) in [6.07, 6.45) is 2.99. The Balaban J connectivity index is 2.35. The largest absolute Gasteiger partial charge is 0.342 e. The number of fused-ring (bicyclic) bond motifs is 1. The van der Waals surface area contributed by atoms with Gasteiger partial charge in [0.25, 0.3) is 5.56 Å². The molecule has 1 aliphatic carbocycles. The predicted octanol–water partition coefficient (Wildman–Crippen LogP) is 1.31. The van der Waals surface area contributed by atoms with Crippen LogP contribution in [-0.4, -0.2) is 35.5 Å². The Hall–Kier alpha value is -1.62. The van der Waals surface area contributed by atoms with Gasteiger partial charge in [0.2, 0.25) is 5.91 Å². The second-order valence-corrected chi connectivity index (χ2v) is 5.46. The van der Waals surface area contributed by atoms with E-state index in [0.29, 0.717) is 13.1 Å². The van der Waals surface area contributed by atoms with Crippen molar-refractivity contribution in [3.8, 4) is 0 Å². The van der Waals surface area contributed by atoms with Crippen molar-refractivity contribution >= 4 is 5.91 Å². The Bertz CT molecular complexity index is 561. The number of amides is 1. The lowest BCUT2D eigenvalue weighted by atomic mass is 9.91. The number of rotatable bonds is 5. The van der Waals surface area contributed by atoms with Gasteiger partial charge in [0.1, 0.15) is 6.54 Å². The normalized spacial score (nSPS) is 17.4. The summed E-state index contributed by atoms with van der Waals surface area (Å²) in [6, 6.07) is 3.78. The van der Waals surface area contributed by atoms with Gasteiger partial charge in [0.05, 0.1) is 0 Å². The van der Waals surface area contributed by atoms with E-state index in [2.05, 4.69) is 5.32 Å². The monoisotopic (exact) mass is 291 g/mol. The SMILES string of the molecule is CCN(CC)C(=O)Cn1c2c(ccc1=O)C(NC)CCC2. The molecule has 0 aliphatic heterocycles. The van der Waals surface area contributed by atoms with Gasteiger partial charge < -0.3 is 14.8 Å². The van der Waals surface area contributed by atoms with Crippen molar-refractivity contribution in [1.29, 1.82) is 0 Å².